The molecule has 0 bridgehead atoms. The highest BCUT2D eigenvalue weighted by molar-refractivity contribution is 7.98. The zero-order valence-electron chi connectivity index (χ0n) is 12.6. The van der Waals surface area contributed by atoms with Crippen LogP contribution in [0.15, 0.2) is 41.6 Å². The van der Waals surface area contributed by atoms with E-state index in [2.05, 4.69) is 36.3 Å². The van der Waals surface area contributed by atoms with E-state index in [9.17, 15) is 0 Å². The van der Waals surface area contributed by atoms with Gasteiger partial charge in [0.05, 0.1) is 0 Å². The first kappa shape index (κ1) is 15.5. The summed E-state index contributed by atoms with van der Waals surface area (Å²) in [6.45, 7) is 2.21. The van der Waals surface area contributed by atoms with Crippen molar-refractivity contribution in [3.05, 3.63) is 42.0 Å². The van der Waals surface area contributed by atoms with E-state index in [0.29, 0.717) is 6.04 Å². The minimum Gasteiger partial charge on any atom is -0.409 e. The molecule has 0 aromatic heterocycles. The molecule has 2 aromatic carbocycles. The van der Waals surface area contributed by atoms with E-state index in [0.717, 1.165) is 27.8 Å². The second-order valence-electron chi connectivity index (χ2n) is 5.08. The van der Waals surface area contributed by atoms with Gasteiger partial charge in [-0.1, -0.05) is 29.4 Å². The Bertz CT molecular complexity index is 657. The number of nitrogens with zero attached hydrogens (tertiary/aromatic N) is 2. The van der Waals surface area contributed by atoms with Gasteiger partial charge in [-0.2, -0.15) is 11.8 Å². The van der Waals surface area contributed by atoms with Crippen molar-refractivity contribution < 1.29 is 5.21 Å². The van der Waals surface area contributed by atoms with Crippen LogP contribution in [-0.2, 0) is 0 Å². The third kappa shape index (κ3) is 3.08. The van der Waals surface area contributed by atoms with Gasteiger partial charge < -0.3 is 15.8 Å². The Morgan fingerprint density at radius 2 is 1.95 bits per heavy atom. The number of amidine groups is 1. The molecular weight excluding hydrogens is 282 g/mol. The molecule has 0 aliphatic carbocycles. The van der Waals surface area contributed by atoms with Crippen molar-refractivity contribution in [3.63, 3.8) is 0 Å². The molecule has 1 atom stereocenters. The SMILES string of the molecule is CSCC(C)N(C)c1ccc(/C(N)=N/O)c2ccccc12. The van der Waals surface area contributed by atoms with Crippen LogP contribution in [0.1, 0.15) is 12.5 Å². The topological polar surface area (TPSA) is 61.8 Å². The van der Waals surface area contributed by atoms with Gasteiger partial charge in [0.25, 0.3) is 0 Å². The lowest BCUT2D eigenvalue weighted by atomic mass is 10.0. The Balaban J connectivity index is 2.57. The number of oxime groups is 1. The highest BCUT2D eigenvalue weighted by Crippen LogP contribution is 2.30. The highest BCUT2D eigenvalue weighted by Gasteiger charge is 2.15. The second-order valence-corrected chi connectivity index (χ2v) is 5.99. The van der Waals surface area contributed by atoms with Gasteiger partial charge in [-0.25, -0.2) is 0 Å². The molecule has 0 aliphatic heterocycles. The second kappa shape index (κ2) is 6.72. The van der Waals surface area contributed by atoms with Gasteiger partial charge in [0.2, 0.25) is 0 Å². The third-order valence-corrected chi connectivity index (χ3v) is 4.55. The van der Waals surface area contributed by atoms with Crippen LogP contribution >= 0.6 is 11.8 Å². The minimum absolute atomic E-state index is 0.137. The van der Waals surface area contributed by atoms with Crippen molar-refractivity contribution in [2.45, 2.75) is 13.0 Å². The molecule has 0 saturated heterocycles. The van der Waals surface area contributed by atoms with Crippen LogP contribution in [0.3, 0.4) is 0 Å². The molecule has 5 heteroatoms. The maximum absolute atomic E-state index is 8.93. The highest BCUT2D eigenvalue weighted by atomic mass is 32.2. The molecule has 0 heterocycles. The Morgan fingerprint density at radius 3 is 2.57 bits per heavy atom. The van der Waals surface area contributed by atoms with Crippen molar-refractivity contribution in [3.8, 4) is 0 Å². The lowest BCUT2D eigenvalue weighted by Crippen LogP contribution is -2.31. The van der Waals surface area contributed by atoms with Crippen molar-refractivity contribution in [1.29, 1.82) is 0 Å². The molecular formula is C16H21N3OS. The molecule has 0 saturated carbocycles. The molecule has 0 aliphatic rings. The lowest BCUT2D eigenvalue weighted by molar-refractivity contribution is 0.318. The summed E-state index contributed by atoms with van der Waals surface area (Å²) < 4.78 is 0. The molecule has 1 unspecified atom stereocenters. The summed E-state index contributed by atoms with van der Waals surface area (Å²) in [4.78, 5) is 2.27. The van der Waals surface area contributed by atoms with Crippen molar-refractivity contribution >= 4 is 34.1 Å². The van der Waals surface area contributed by atoms with Crippen LogP contribution in [0.4, 0.5) is 5.69 Å². The van der Waals surface area contributed by atoms with Gasteiger partial charge in [0.15, 0.2) is 5.84 Å². The van der Waals surface area contributed by atoms with Crippen molar-refractivity contribution in [2.24, 2.45) is 10.9 Å². The fraction of sp³-hybridized carbons (Fsp3) is 0.312. The summed E-state index contributed by atoms with van der Waals surface area (Å²) in [7, 11) is 2.10. The molecule has 112 valence electrons. The van der Waals surface area contributed by atoms with Crippen LogP contribution in [-0.4, -0.2) is 36.1 Å². The van der Waals surface area contributed by atoms with Crippen LogP contribution in [0.25, 0.3) is 10.8 Å². The monoisotopic (exact) mass is 303 g/mol. The number of rotatable bonds is 5. The Hall–Kier alpha value is -1.88. The van der Waals surface area contributed by atoms with Crippen LogP contribution in [0.2, 0.25) is 0 Å². The number of nitrogens with two attached hydrogens (primary N) is 1. The van der Waals surface area contributed by atoms with Crippen LogP contribution in [0.5, 0.6) is 0 Å². The molecule has 2 rings (SSSR count). The normalized spacial score (nSPS) is 13.4. The number of fused-ring (bicyclic) bond motifs is 1. The molecule has 2 aromatic rings. The predicted octanol–water partition coefficient (Wildman–Crippen LogP) is 3.12. The van der Waals surface area contributed by atoms with E-state index in [1.807, 2.05) is 42.1 Å². The quantitative estimate of drug-likeness (QED) is 0.385. The summed E-state index contributed by atoms with van der Waals surface area (Å²) in [5.74, 6) is 1.20. The van der Waals surface area contributed by atoms with E-state index in [1.165, 1.54) is 0 Å². The maximum Gasteiger partial charge on any atom is 0.170 e. The third-order valence-electron chi connectivity index (χ3n) is 3.73. The number of hydrogen-bond acceptors (Lipinski definition) is 4. The smallest absolute Gasteiger partial charge is 0.170 e. The summed E-state index contributed by atoms with van der Waals surface area (Å²) in [5, 5.41) is 14.2. The Kier molecular flexibility index (Phi) is 4.96. The first-order valence-electron chi connectivity index (χ1n) is 6.81. The van der Waals surface area contributed by atoms with E-state index in [-0.39, 0.29) is 5.84 Å². The Labute approximate surface area is 129 Å². The summed E-state index contributed by atoms with van der Waals surface area (Å²) in [6.07, 6.45) is 2.12. The average Bonchev–Trinajstić information content (AvgIpc) is 2.52. The van der Waals surface area contributed by atoms with Crippen molar-refractivity contribution in [2.75, 3.05) is 24.0 Å². The largest absolute Gasteiger partial charge is 0.409 e. The summed E-state index contributed by atoms with van der Waals surface area (Å²) >= 11 is 1.84. The molecule has 0 spiro atoms. The van der Waals surface area contributed by atoms with Gasteiger partial charge in [-0.05, 0) is 30.7 Å². The molecule has 0 radical (unpaired) electrons. The number of thioether (sulfide) groups is 1. The molecule has 0 fully saturated rings. The molecule has 3 N–H and O–H groups in total. The van der Waals surface area contributed by atoms with Crippen LogP contribution in [0, 0.1) is 0 Å². The van der Waals surface area contributed by atoms with Gasteiger partial charge in [-0.15, -0.1) is 0 Å². The van der Waals surface area contributed by atoms with Gasteiger partial charge >= 0.3 is 0 Å². The minimum atomic E-state index is 0.137. The van der Waals surface area contributed by atoms with E-state index < -0.39 is 0 Å². The number of hydrogen-bond donors (Lipinski definition) is 2. The first-order valence-corrected chi connectivity index (χ1v) is 8.21. The summed E-state index contributed by atoms with van der Waals surface area (Å²) in [6, 6.07) is 12.4. The van der Waals surface area contributed by atoms with E-state index >= 15 is 0 Å². The van der Waals surface area contributed by atoms with Crippen LogP contribution < -0.4 is 10.6 Å². The predicted molar refractivity (Wildman–Crippen MR) is 92.7 cm³/mol. The molecule has 21 heavy (non-hydrogen) atoms. The van der Waals surface area contributed by atoms with Gasteiger partial charge in [0.1, 0.15) is 0 Å². The number of benzene rings is 2. The molecule has 4 nitrogen and oxygen atoms in total. The number of anilines is 1. The van der Waals surface area contributed by atoms with Gasteiger partial charge in [0, 0.05) is 35.5 Å². The van der Waals surface area contributed by atoms with E-state index in [4.69, 9.17) is 10.9 Å². The molecule has 0 amide bonds. The van der Waals surface area contributed by atoms with E-state index in [1.54, 1.807) is 0 Å². The lowest BCUT2D eigenvalue weighted by Gasteiger charge is -2.28. The standard InChI is InChI=1S/C16H21N3OS/c1-11(10-21-3)19(2)15-9-8-14(16(17)18-20)12-6-4-5-7-13(12)15/h4-9,11,20H,10H2,1-3H3,(H2,17,18). The fourth-order valence-electron chi connectivity index (χ4n) is 2.46. The summed E-state index contributed by atoms with van der Waals surface area (Å²) in [5.41, 5.74) is 7.68. The zero-order chi connectivity index (χ0) is 15.4. The van der Waals surface area contributed by atoms with Gasteiger partial charge in [-0.3, -0.25) is 0 Å². The zero-order valence-corrected chi connectivity index (χ0v) is 13.4. The average molecular weight is 303 g/mol. The first-order chi connectivity index (χ1) is 10.1. The van der Waals surface area contributed by atoms with Crippen molar-refractivity contribution in [1.82, 2.24) is 0 Å². The fourth-order valence-corrected chi connectivity index (χ4v) is 3.16. The maximum atomic E-state index is 8.93. The Morgan fingerprint density at radius 1 is 1.29 bits per heavy atom.